The number of hydrogen-bond acceptors (Lipinski definition) is 6. The standard InChI is InChI=1S/C22H22FN3O2S/c1-3-18(27)19-8-17-21(29-19)15(4-5-26-17)16-7-14(9-24)6-13(2)20(16)28-12-22(23)10-25-11-22/h4-8,18,25,27H,3,10-12H2,1-2H3. The summed E-state index contributed by atoms with van der Waals surface area (Å²) >= 11 is 1.48. The fourth-order valence-corrected chi connectivity index (χ4v) is 4.68. The Kier molecular flexibility index (Phi) is 5.26. The zero-order chi connectivity index (χ0) is 20.6. The van der Waals surface area contributed by atoms with Crippen LogP contribution in [-0.2, 0) is 0 Å². The molecule has 1 fully saturated rings. The van der Waals surface area contributed by atoms with Gasteiger partial charge in [0.2, 0.25) is 0 Å². The molecule has 1 atom stereocenters. The minimum atomic E-state index is -1.37. The molecule has 2 aromatic heterocycles. The van der Waals surface area contributed by atoms with E-state index in [2.05, 4.69) is 16.4 Å². The van der Waals surface area contributed by atoms with Gasteiger partial charge in [-0.1, -0.05) is 6.92 Å². The number of aromatic nitrogens is 1. The van der Waals surface area contributed by atoms with Gasteiger partial charge < -0.3 is 15.2 Å². The lowest BCUT2D eigenvalue weighted by molar-refractivity contribution is 0.0347. The van der Waals surface area contributed by atoms with Crippen molar-refractivity contribution in [3.05, 3.63) is 46.5 Å². The molecule has 1 aliphatic heterocycles. The molecule has 0 saturated carbocycles. The number of benzene rings is 1. The number of aliphatic hydroxyl groups excluding tert-OH is 1. The molecule has 7 heteroatoms. The predicted octanol–water partition coefficient (Wildman–Crippen LogP) is 4.28. The van der Waals surface area contributed by atoms with Gasteiger partial charge in [-0.2, -0.15) is 5.26 Å². The first-order chi connectivity index (χ1) is 13.9. The minimum absolute atomic E-state index is 0.0434. The lowest BCUT2D eigenvalue weighted by Gasteiger charge is -2.34. The molecule has 0 spiro atoms. The molecule has 150 valence electrons. The Morgan fingerprint density at radius 2 is 2.17 bits per heavy atom. The Morgan fingerprint density at radius 3 is 2.83 bits per heavy atom. The number of halogens is 1. The Hall–Kier alpha value is -2.53. The Balaban J connectivity index is 1.83. The predicted molar refractivity (Wildman–Crippen MR) is 112 cm³/mol. The third kappa shape index (κ3) is 3.71. The molecule has 5 nitrogen and oxygen atoms in total. The van der Waals surface area contributed by atoms with Crippen LogP contribution in [0.1, 0.15) is 35.5 Å². The smallest absolute Gasteiger partial charge is 0.169 e. The Labute approximate surface area is 172 Å². The van der Waals surface area contributed by atoms with Crippen molar-refractivity contribution >= 4 is 21.6 Å². The van der Waals surface area contributed by atoms with E-state index >= 15 is 0 Å². The average Bonchev–Trinajstić information content (AvgIpc) is 3.14. The van der Waals surface area contributed by atoms with E-state index in [4.69, 9.17) is 4.74 Å². The van der Waals surface area contributed by atoms with Crippen LogP contribution in [-0.4, -0.2) is 35.5 Å². The largest absolute Gasteiger partial charge is 0.489 e. The van der Waals surface area contributed by atoms with Crippen molar-refractivity contribution in [2.75, 3.05) is 19.7 Å². The highest BCUT2D eigenvalue weighted by Gasteiger charge is 2.38. The first-order valence-electron chi connectivity index (χ1n) is 9.58. The van der Waals surface area contributed by atoms with E-state index in [1.807, 2.05) is 26.0 Å². The first kappa shape index (κ1) is 19.8. The van der Waals surface area contributed by atoms with Crippen molar-refractivity contribution in [2.24, 2.45) is 0 Å². The lowest BCUT2D eigenvalue weighted by Crippen LogP contribution is -2.59. The van der Waals surface area contributed by atoms with E-state index in [-0.39, 0.29) is 19.7 Å². The van der Waals surface area contributed by atoms with Gasteiger partial charge in [0.15, 0.2) is 5.67 Å². The molecule has 1 aromatic carbocycles. The number of hydrogen-bond donors (Lipinski definition) is 2. The number of rotatable bonds is 6. The van der Waals surface area contributed by atoms with Gasteiger partial charge in [-0.3, -0.25) is 4.98 Å². The van der Waals surface area contributed by atoms with Gasteiger partial charge in [-0.15, -0.1) is 11.3 Å². The molecule has 0 amide bonds. The summed E-state index contributed by atoms with van der Waals surface area (Å²) in [6, 6.07) is 9.49. The minimum Gasteiger partial charge on any atom is -0.489 e. The molecule has 4 rings (SSSR count). The second-order valence-electron chi connectivity index (χ2n) is 7.47. The molecule has 0 aliphatic carbocycles. The second-order valence-corrected chi connectivity index (χ2v) is 8.55. The highest BCUT2D eigenvalue weighted by atomic mass is 32.1. The van der Waals surface area contributed by atoms with Gasteiger partial charge in [0.25, 0.3) is 0 Å². The Morgan fingerprint density at radius 1 is 1.38 bits per heavy atom. The van der Waals surface area contributed by atoms with Crippen LogP contribution in [0.5, 0.6) is 5.75 Å². The molecule has 3 aromatic rings. The third-order valence-electron chi connectivity index (χ3n) is 5.20. The highest BCUT2D eigenvalue weighted by molar-refractivity contribution is 7.19. The molecular formula is C22H22FN3O2S. The maximum Gasteiger partial charge on any atom is 0.169 e. The van der Waals surface area contributed by atoms with Crippen LogP contribution in [0.2, 0.25) is 0 Å². The average molecular weight is 412 g/mol. The zero-order valence-electron chi connectivity index (χ0n) is 16.3. The molecule has 1 saturated heterocycles. The van der Waals surface area contributed by atoms with Gasteiger partial charge in [0.1, 0.15) is 12.4 Å². The number of alkyl halides is 1. The van der Waals surface area contributed by atoms with E-state index < -0.39 is 11.8 Å². The van der Waals surface area contributed by atoms with Gasteiger partial charge in [0.05, 0.1) is 28.0 Å². The number of nitriles is 1. The van der Waals surface area contributed by atoms with Crippen molar-refractivity contribution in [2.45, 2.75) is 32.0 Å². The van der Waals surface area contributed by atoms with Crippen LogP contribution in [0.3, 0.4) is 0 Å². The Bertz CT molecular complexity index is 1100. The maximum atomic E-state index is 14.5. The van der Waals surface area contributed by atoms with E-state index in [1.54, 1.807) is 18.3 Å². The number of aliphatic hydroxyl groups is 1. The first-order valence-corrected chi connectivity index (χ1v) is 10.4. The van der Waals surface area contributed by atoms with Crippen molar-refractivity contribution < 1.29 is 14.2 Å². The molecule has 0 radical (unpaired) electrons. The third-order valence-corrected chi connectivity index (χ3v) is 6.46. The highest BCUT2D eigenvalue weighted by Crippen LogP contribution is 2.42. The SMILES string of the molecule is CCC(O)c1cc2nccc(-c3cc(C#N)cc(C)c3OCC3(F)CNC3)c2s1. The molecule has 29 heavy (non-hydrogen) atoms. The second kappa shape index (κ2) is 7.71. The van der Waals surface area contributed by atoms with Gasteiger partial charge in [-0.25, -0.2) is 4.39 Å². The van der Waals surface area contributed by atoms with E-state index in [0.717, 1.165) is 31.8 Å². The molecule has 1 aliphatic rings. The molecule has 0 bridgehead atoms. The van der Waals surface area contributed by atoms with E-state index in [1.165, 1.54) is 11.3 Å². The summed E-state index contributed by atoms with van der Waals surface area (Å²) < 4.78 is 21.4. The number of ether oxygens (including phenoxy) is 1. The van der Waals surface area contributed by atoms with Crippen LogP contribution in [0.25, 0.3) is 21.3 Å². The number of aryl methyl sites for hydroxylation is 1. The number of fused-ring (bicyclic) bond motifs is 1. The summed E-state index contributed by atoms with van der Waals surface area (Å²) in [6.45, 7) is 4.30. The van der Waals surface area contributed by atoms with Crippen LogP contribution in [0.15, 0.2) is 30.5 Å². The maximum absolute atomic E-state index is 14.5. The number of thiophene rings is 1. The summed E-state index contributed by atoms with van der Waals surface area (Å²) in [6.07, 6.45) is 1.78. The quantitative estimate of drug-likeness (QED) is 0.633. The zero-order valence-corrected chi connectivity index (χ0v) is 17.1. The van der Waals surface area contributed by atoms with E-state index in [9.17, 15) is 14.8 Å². The van der Waals surface area contributed by atoms with Crippen molar-refractivity contribution in [1.82, 2.24) is 10.3 Å². The number of nitrogens with zero attached hydrogens (tertiary/aromatic N) is 2. The summed E-state index contributed by atoms with van der Waals surface area (Å²) in [7, 11) is 0. The van der Waals surface area contributed by atoms with Gasteiger partial charge in [-0.05, 0) is 43.2 Å². The topological polar surface area (TPSA) is 78.2 Å². The number of pyridine rings is 1. The number of nitrogens with one attached hydrogen (secondary N) is 1. The molecule has 2 N–H and O–H groups in total. The summed E-state index contributed by atoms with van der Waals surface area (Å²) in [5.74, 6) is 0.575. The van der Waals surface area contributed by atoms with Crippen LogP contribution in [0, 0.1) is 18.3 Å². The van der Waals surface area contributed by atoms with Crippen molar-refractivity contribution in [3.63, 3.8) is 0 Å². The van der Waals surface area contributed by atoms with Crippen LogP contribution in [0.4, 0.5) is 4.39 Å². The summed E-state index contributed by atoms with van der Waals surface area (Å²) in [5, 5.41) is 22.6. The van der Waals surface area contributed by atoms with E-state index in [0.29, 0.717) is 17.7 Å². The lowest BCUT2D eigenvalue weighted by atomic mass is 9.98. The van der Waals surface area contributed by atoms with Crippen LogP contribution < -0.4 is 10.1 Å². The van der Waals surface area contributed by atoms with Crippen LogP contribution >= 0.6 is 11.3 Å². The molecule has 3 heterocycles. The fraction of sp³-hybridized carbons (Fsp3) is 0.364. The van der Waals surface area contributed by atoms with Gasteiger partial charge >= 0.3 is 0 Å². The monoisotopic (exact) mass is 411 g/mol. The fourth-order valence-electron chi connectivity index (χ4n) is 3.46. The van der Waals surface area contributed by atoms with Crippen molar-refractivity contribution in [3.8, 4) is 22.9 Å². The summed E-state index contributed by atoms with van der Waals surface area (Å²) in [5.41, 5.74) is 2.32. The van der Waals surface area contributed by atoms with Crippen molar-refractivity contribution in [1.29, 1.82) is 5.26 Å². The normalized spacial score (nSPS) is 16.2. The summed E-state index contributed by atoms with van der Waals surface area (Å²) in [4.78, 5) is 5.28. The van der Waals surface area contributed by atoms with Gasteiger partial charge in [0, 0.05) is 35.3 Å². The molecular weight excluding hydrogens is 389 g/mol. The molecule has 1 unspecified atom stereocenters.